The van der Waals surface area contributed by atoms with Crippen LogP contribution in [0.2, 0.25) is 0 Å². The number of aryl methyl sites for hydroxylation is 2. The molecule has 0 fully saturated rings. The van der Waals surface area contributed by atoms with E-state index in [1.54, 1.807) is 0 Å². The molecule has 0 radical (unpaired) electrons. The summed E-state index contributed by atoms with van der Waals surface area (Å²) in [5.74, 6) is 2.59. The molecule has 0 aliphatic heterocycles. The average Bonchev–Trinajstić information content (AvgIpc) is 1.85. The first kappa shape index (κ1) is 10.9. The first-order valence-electron chi connectivity index (χ1n) is 3.19. The van der Waals surface area contributed by atoms with Gasteiger partial charge < -0.3 is 0 Å². The van der Waals surface area contributed by atoms with Crippen molar-refractivity contribution in [3.05, 3.63) is 34.9 Å². The number of hydrogen-bond acceptors (Lipinski definition) is 0. The van der Waals surface area contributed by atoms with Gasteiger partial charge in [0.15, 0.2) is 0 Å². The summed E-state index contributed by atoms with van der Waals surface area (Å²) in [6.45, 7) is 3.99. The number of benzene rings is 1. The van der Waals surface area contributed by atoms with Crippen LogP contribution in [0, 0.1) is 32.3 Å². The van der Waals surface area contributed by atoms with E-state index >= 15 is 0 Å². The van der Waals surface area contributed by atoms with Gasteiger partial charge in [0.05, 0.1) is 0 Å². The minimum atomic E-state index is 0. The molecule has 0 saturated heterocycles. The molecule has 0 amide bonds. The van der Waals surface area contributed by atoms with Crippen molar-refractivity contribution in [2.24, 2.45) is 0 Å². The minimum Gasteiger partial charge on any atom is -0.177 e. The predicted octanol–water partition coefficient (Wildman–Crippen LogP) is 2.08. The van der Waals surface area contributed by atoms with E-state index in [2.05, 4.69) is 12.0 Å². The van der Waals surface area contributed by atoms with Gasteiger partial charge >= 0.3 is 32.7 Å². The SMILES string of the molecule is C#Cc1cc(C)[c-]c(C)c1.[Y+3]. The third-order valence-electron chi connectivity index (χ3n) is 1.31. The van der Waals surface area contributed by atoms with Crippen molar-refractivity contribution in [1.29, 1.82) is 0 Å². The Bertz CT molecular complexity index is 261. The maximum atomic E-state index is 5.22. The summed E-state index contributed by atoms with van der Waals surface area (Å²) in [6.07, 6.45) is 5.22. The van der Waals surface area contributed by atoms with Crippen LogP contribution in [-0.2, 0) is 32.7 Å². The zero-order valence-electron chi connectivity index (χ0n) is 6.81. The molecule has 0 aliphatic rings. The monoisotopic (exact) mass is 218 g/mol. The zero-order valence-corrected chi connectivity index (χ0v) is 9.65. The molecule has 0 atom stereocenters. The van der Waals surface area contributed by atoms with Gasteiger partial charge in [-0.3, -0.25) is 0 Å². The molecule has 0 saturated carbocycles. The molecule has 11 heavy (non-hydrogen) atoms. The van der Waals surface area contributed by atoms with Crippen LogP contribution in [0.3, 0.4) is 0 Å². The second-order valence-electron chi connectivity index (χ2n) is 2.38. The summed E-state index contributed by atoms with van der Waals surface area (Å²) < 4.78 is 0. The maximum Gasteiger partial charge on any atom is 3.00 e. The van der Waals surface area contributed by atoms with Crippen molar-refractivity contribution in [2.45, 2.75) is 13.8 Å². The van der Waals surface area contributed by atoms with E-state index in [1.165, 1.54) is 0 Å². The van der Waals surface area contributed by atoms with Crippen molar-refractivity contribution < 1.29 is 32.7 Å². The Hall–Kier alpha value is -0.116. The molecule has 1 heteroatoms. The van der Waals surface area contributed by atoms with Gasteiger partial charge in [-0.05, 0) is 0 Å². The first-order valence-corrected chi connectivity index (χ1v) is 3.19. The summed E-state index contributed by atoms with van der Waals surface area (Å²) in [5.41, 5.74) is 3.15. The van der Waals surface area contributed by atoms with Crippen molar-refractivity contribution in [2.75, 3.05) is 0 Å². The van der Waals surface area contributed by atoms with Crippen molar-refractivity contribution in [3.8, 4) is 12.3 Å². The Morgan fingerprint density at radius 3 is 2.09 bits per heavy atom. The molecule has 0 spiro atoms. The smallest absolute Gasteiger partial charge is 0.177 e. The molecule has 0 aromatic heterocycles. The number of hydrogen-bond donors (Lipinski definition) is 0. The number of rotatable bonds is 0. The summed E-state index contributed by atoms with van der Waals surface area (Å²) >= 11 is 0. The van der Waals surface area contributed by atoms with Crippen LogP contribution in [0.25, 0.3) is 0 Å². The van der Waals surface area contributed by atoms with E-state index in [0.29, 0.717) is 0 Å². The van der Waals surface area contributed by atoms with Gasteiger partial charge in [-0.25, -0.2) is 0 Å². The van der Waals surface area contributed by atoms with E-state index in [9.17, 15) is 0 Å². The third kappa shape index (κ3) is 3.19. The summed E-state index contributed by atoms with van der Waals surface area (Å²) in [7, 11) is 0. The van der Waals surface area contributed by atoms with Crippen molar-refractivity contribution in [1.82, 2.24) is 0 Å². The largest absolute Gasteiger partial charge is 3.00 e. The zero-order chi connectivity index (χ0) is 7.56. The van der Waals surface area contributed by atoms with Gasteiger partial charge in [0.25, 0.3) is 0 Å². The molecular weight excluding hydrogens is 209 g/mol. The van der Waals surface area contributed by atoms with Crippen LogP contribution in [0.5, 0.6) is 0 Å². The topological polar surface area (TPSA) is 0 Å². The predicted molar refractivity (Wildman–Crippen MR) is 42.7 cm³/mol. The molecule has 0 nitrogen and oxygen atoms in total. The van der Waals surface area contributed by atoms with Crippen LogP contribution >= 0.6 is 0 Å². The summed E-state index contributed by atoms with van der Waals surface area (Å²) in [6, 6.07) is 7.05. The Morgan fingerprint density at radius 2 is 1.73 bits per heavy atom. The normalized spacial score (nSPS) is 8.09. The molecule has 0 bridgehead atoms. The first-order chi connectivity index (χ1) is 4.72. The second-order valence-corrected chi connectivity index (χ2v) is 2.38. The van der Waals surface area contributed by atoms with Gasteiger partial charge in [-0.15, -0.1) is 6.42 Å². The number of terminal acetylenes is 1. The molecule has 50 valence electrons. The fourth-order valence-corrected chi connectivity index (χ4v) is 0.975. The van der Waals surface area contributed by atoms with Gasteiger partial charge in [-0.2, -0.15) is 29.3 Å². The molecule has 0 unspecified atom stereocenters. The fraction of sp³-hybridized carbons (Fsp3) is 0.200. The van der Waals surface area contributed by atoms with Gasteiger partial charge in [0, 0.05) is 0 Å². The molecule has 1 aromatic rings. The fourth-order valence-electron chi connectivity index (χ4n) is 0.975. The van der Waals surface area contributed by atoms with Gasteiger partial charge in [0.1, 0.15) is 0 Å². The summed E-state index contributed by atoms with van der Waals surface area (Å²) in [4.78, 5) is 0. The van der Waals surface area contributed by atoms with Crippen LogP contribution < -0.4 is 0 Å². The molecule has 0 heterocycles. The Kier molecular flexibility index (Phi) is 4.65. The minimum absolute atomic E-state index is 0. The molecule has 0 N–H and O–H groups in total. The van der Waals surface area contributed by atoms with E-state index in [4.69, 9.17) is 6.42 Å². The van der Waals surface area contributed by atoms with E-state index < -0.39 is 0 Å². The van der Waals surface area contributed by atoms with Crippen LogP contribution in [0.1, 0.15) is 16.7 Å². The molecule has 1 rings (SSSR count). The van der Waals surface area contributed by atoms with Crippen molar-refractivity contribution >= 4 is 0 Å². The van der Waals surface area contributed by atoms with Crippen LogP contribution in [-0.4, -0.2) is 0 Å². The standard InChI is InChI=1S/C10H9.Y/c1-4-10-6-8(2)5-9(3)7-10;/h1,6-7H,2-3H3;/q-1;+3. The quantitative estimate of drug-likeness (QED) is 0.462. The average molecular weight is 218 g/mol. The Labute approximate surface area is 93.3 Å². The van der Waals surface area contributed by atoms with Gasteiger partial charge in [0.2, 0.25) is 0 Å². The molecule has 0 aliphatic carbocycles. The van der Waals surface area contributed by atoms with Crippen molar-refractivity contribution in [3.63, 3.8) is 0 Å². The molecule has 1 aromatic carbocycles. The molecular formula is C10H9Y+2. The van der Waals surface area contributed by atoms with Gasteiger partial charge in [-0.1, -0.05) is 25.3 Å². The Morgan fingerprint density at radius 1 is 1.27 bits per heavy atom. The van der Waals surface area contributed by atoms with Crippen LogP contribution in [0.15, 0.2) is 12.1 Å². The van der Waals surface area contributed by atoms with E-state index in [-0.39, 0.29) is 32.7 Å². The van der Waals surface area contributed by atoms with Crippen LogP contribution in [0.4, 0.5) is 0 Å². The van der Waals surface area contributed by atoms with E-state index in [1.807, 2.05) is 26.0 Å². The maximum absolute atomic E-state index is 5.22. The summed E-state index contributed by atoms with van der Waals surface area (Å²) in [5, 5.41) is 0. The third-order valence-corrected chi connectivity index (χ3v) is 1.31. The second kappa shape index (κ2) is 4.70. The Balaban J connectivity index is 0.000001000. The van der Waals surface area contributed by atoms with E-state index in [0.717, 1.165) is 16.7 Å².